The van der Waals surface area contributed by atoms with Crippen molar-refractivity contribution >= 4 is 23.3 Å². The number of hydrogen-bond donors (Lipinski definition) is 2. The number of rotatable bonds is 4. The molecule has 0 spiro atoms. The smallest absolute Gasteiger partial charge is 0.410 e. The Morgan fingerprint density at radius 3 is 2.85 bits per heavy atom. The molecule has 1 aromatic heterocycles. The van der Waals surface area contributed by atoms with Crippen molar-refractivity contribution in [2.75, 3.05) is 13.2 Å². The van der Waals surface area contributed by atoms with Crippen LogP contribution in [0.4, 0.5) is 4.79 Å². The Hall–Kier alpha value is -3.13. The molecule has 1 amide bonds. The number of carbonyl (C=O) groups excluding carboxylic acids is 2. The number of ether oxygens (including phenoxy) is 1. The molecular weight excluding hydrogens is 342 g/mol. The first-order valence-corrected chi connectivity index (χ1v) is 7.93. The Bertz CT molecular complexity index is 960. The van der Waals surface area contributed by atoms with Gasteiger partial charge in [-0.15, -0.1) is 0 Å². The maximum atomic E-state index is 12.4. The molecule has 8 nitrogen and oxygen atoms in total. The Kier molecular flexibility index (Phi) is 4.77. The van der Waals surface area contributed by atoms with Crippen molar-refractivity contribution in [1.82, 2.24) is 4.90 Å². The highest BCUT2D eigenvalue weighted by molar-refractivity contribution is 5.99. The normalized spacial score (nSPS) is 13.3. The van der Waals surface area contributed by atoms with Gasteiger partial charge >= 0.3 is 11.7 Å². The van der Waals surface area contributed by atoms with Gasteiger partial charge in [-0.25, -0.2) is 9.59 Å². The Morgan fingerprint density at radius 2 is 2.19 bits per heavy atom. The monoisotopic (exact) mass is 359 g/mol. The van der Waals surface area contributed by atoms with Gasteiger partial charge in [-0.3, -0.25) is 4.79 Å². The SMILES string of the molecule is C=CCOC(=O)N1CCc2c(c(=O)oc3c(C=O)c(O)c(CO)cc23)C1. The fraction of sp³-hybridized carbons (Fsp3) is 0.278. The van der Waals surface area contributed by atoms with Gasteiger partial charge in [0, 0.05) is 17.5 Å². The van der Waals surface area contributed by atoms with E-state index in [0.717, 1.165) is 0 Å². The van der Waals surface area contributed by atoms with Crippen molar-refractivity contribution in [3.8, 4) is 5.75 Å². The molecule has 0 atom stereocenters. The summed E-state index contributed by atoms with van der Waals surface area (Å²) in [6.45, 7) is 3.38. The van der Waals surface area contributed by atoms with E-state index in [9.17, 15) is 24.6 Å². The van der Waals surface area contributed by atoms with Crippen LogP contribution in [-0.2, 0) is 24.3 Å². The predicted molar refractivity (Wildman–Crippen MR) is 91.1 cm³/mol. The lowest BCUT2D eigenvalue weighted by atomic mass is 9.94. The van der Waals surface area contributed by atoms with Crippen LogP contribution < -0.4 is 5.63 Å². The van der Waals surface area contributed by atoms with Crippen molar-refractivity contribution in [3.05, 3.63) is 51.4 Å². The molecule has 3 rings (SSSR count). The first kappa shape index (κ1) is 17.7. The van der Waals surface area contributed by atoms with Crippen molar-refractivity contribution in [2.45, 2.75) is 19.6 Å². The van der Waals surface area contributed by atoms with Crippen LogP contribution in [0.25, 0.3) is 11.0 Å². The van der Waals surface area contributed by atoms with Crippen molar-refractivity contribution < 1.29 is 29.0 Å². The second-order valence-corrected chi connectivity index (χ2v) is 5.83. The highest BCUT2D eigenvalue weighted by Crippen LogP contribution is 2.34. The van der Waals surface area contributed by atoms with E-state index < -0.39 is 24.1 Å². The van der Waals surface area contributed by atoms with E-state index in [0.29, 0.717) is 30.2 Å². The number of amides is 1. The Morgan fingerprint density at radius 1 is 1.42 bits per heavy atom. The minimum Gasteiger partial charge on any atom is -0.507 e. The Labute approximate surface area is 147 Å². The molecule has 0 saturated heterocycles. The number of aliphatic hydroxyl groups excluding tert-OH is 1. The lowest BCUT2D eigenvalue weighted by Gasteiger charge is -2.28. The summed E-state index contributed by atoms with van der Waals surface area (Å²) >= 11 is 0. The van der Waals surface area contributed by atoms with E-state index in [1.807, 2.05) is 0 Å². The fourth-order valence-electron chi connectivity index (χ4n) is 3.08. The van der Waals surface area contributed by atoms with Gasteiger partial charge < -0.3 is 24.3 Å². The van der Waals surface area contributed by atoms with Gasteiger partial charge in [-0.2, -0.15) is 0 Å². The summed E-state index contributed by atoms with van der Waals surface area (Å²) in [6, 6.07) is 1.49. The molecule has 2 heterocycles. The quantitative estimate of drug-likeness (QED) is 0.482. The Balaban J connectivity index is 2.13. The molecule has 1 aliphatic heterocycles. The predicted octanol–water partition coefficient (Wildman–Crippen LogP) is 1.48. The lowest BCUT2D eigenvalue weighted by Crippen LogP contribution is -2.38. The van der Waals surface area contributed by atoms with Gasteiger partial charge in [0.1, 0.15) is 12.4 Å². The van der Waals surface area contributed by atoms with Gasteiger partial charge in [-0.1, -0.05) is 12.7 Å². The van der Waals surface area contributed by atoms with Gasteiger partial charge in [0.15, 0.2) is 11.9 Å². The van der Waals surface area contributed by atoms with E-state index in [2.05, 4.69) is 6.58 Å². The molecule has 0 saturated carbocycles. The topological polar surface area (TPSA) is 117 Å². The van der Waals surface area contributed by atoms with E-state index in [1.165, 1.54) is 17.0 Å². The summed E-state index contributed by atoms with van der Waals surface area (Å²) in [6.07, 6.45) is 1.61. The average Bonchev–Trinajstić information content (AvgIpc) is 2.65. The van der Waals surface area contributed by atoms with Gasteiger partial charge in [0.2, 0.25) is 0 Å². The maximum absolute atomic E-state index is 12.4. The van der Waals surface area contributed by atoms with E-state index in [-0.39, 0.29) is 35.4 Å². The highest BCUT2D eigenvalue weighted by atomic mass is 16.6. The van der Waals surface area contributed by atoms with Gasteiger partial charge in [-0.05, 0) is 18.1 Å². The second kappa shape index (κ2) is 7.01. The first-order chi connectivity index (χ1) is 12.5. The second-order valence-electron chi connectivity index (χ2n) is 5.83. The number of benzene rings is 1. The lowest BCUT2D eigenvalue weighted by molar-refractivity contribution is 0.107. The van der Waals surface area contributed by atoms with Crippen LogP contribution in [0.15, 0.2) is 27.9 Å². The zero-order valence-corrected chi connectivity index (χ0v) is 13.9. The number of nitrogens with zero attached hydrogens (tertiary/aromatic N) is 1. The molecule has 136 valence electrons. The third kappa shape index (κ3) is 2.84. The molecule has 8 heteroatoms. The number of aromatic hydroxyl groups is 1. The van der Waals surface area contributed by atoms with Crippen LogP contribution in [0.5, 0.6) is 5.75 Å². The third-order valence-electron chi connectivity index (χ3n) is 4.35. The van der Waals surface area contributed by atoms with Crippen LogP contribution in [0.2, 0.25) is 0 Å². The zero-order chi connectivity index (χ0) is 18.8. The molecule has 2 N–H and O–H groups in total. The molecule has 26 heavy (non-hydrogen) atoms. The van der Waals surface area contributed by atoms with Crippen LogP contribution in [0.1, 0.15) is 27.0 Å². The fourth-order valence-corrected chi connectivity index (χ4v) is 3.08. The number of aliphatic hydroxyl groups is 1. The molecule has 0 unspecified atom stereocenters. The van der Waals surface area contributed by atoms with E-state index in [4.69, 9.17) is 9.15 Å². The van der Waals surface area contributed by atoms with Crippen LogP contribution in [0.3, 0.4) is 0 Å². The number of phenols is 1. The van der Waals surface area contributed by atoms with Gasteiger partial charge in [0.05, 0.1) is 24.3 Å². The number of hydrogen-bond acceptors (Lipinski definition) is 7. The number of fused-ring (bicyclic) bond motifs is 3. The van der Waals surface area contributed by atoms with Crippen molar-refractivity contribution in [1.29, 1.82) is 0 Å². The molecule has 0 radical (unpaired) electrons. The standard InChI is InChI=1S/C18H17NO7/c1-2-5-25-18(24)19-4-3-11-12-6-10(8-20)15(22)14(9-21)16(12)26-17(23)13(11)7-19/h2,6,9,20,22H,1,3-5,7-8H2. The third-order valence-corrected chi connectivity index (χ3v) is 4.35. The molecule has 1 aliphatic rings. The van der Waals surface area contributed by atoms with E-state index in [1.54, 1.807) is 0 Å². The molecule has 0 aliphatic carbocycles. The maximum Gasteiger partial charge on any atom is 0.410 e. The largest absolute Gasteiger partial charge is 0.507 e. The molecule has 2 aromatic rings. The van der Waals surface area contributed by atoms with Gasteiger partial charge in [0.25, 0.3) is 0 Å². The summed E-state index contributed by atoms with van der Waals surface area (Å²) in [7, 11) is 0. The first-order valence-electron chi connectivity index (χ1n) is 7.93. The molecular formula is C18H17NO7. The molecule has 0 bridgehead atoms. The summed E-state index contributed by atoms with van der Waals surface area (Å²) < 4.78 is 10.2. The van der Waals surface area contributed by atoms with Crippen LogP contribution in [-0.4, -0.2) is 40.6 Å². The minimum absolute atomic E-state index is 0.00927. The van der Waals surface area contributed by atoms with Crippen LogP contribution in [0, 0.1) is 0 Å². The zero-order valence-electron chi connectivity index (χ0n) is 13.9. The highest BCUT2D eigenvalue weighted by Gasteiger charge is 2.28. The van der Waals surface area contributed by atoms with E-state index >= 15 is 0 Å². The average molecular weight is 359 g/mol. The summed E-state index contributed by atoms with van der Waals surface area (Å²) in [5, 5.41) is 19.9. The van der Waals surface area contributed by atoms with Crippen molar-refractivity contribution in [2.24, 2.45) is 0 Å². The summed E-state index contributed by atoms with van der Waals surface area (Å²) in [5.41, 5.74) is 0.171. The molecule has 0 fully saturated rings. The van der Waals surface area contributed by atoms with Crippen LogP contribution >= 0.6 is 0 Å². The number of aldehydes is 1. The van der Waals surface area contributed by atoms with Crippen molar-refractivity contribution in [3.63, 3.8) is 0 Å². The summed E-state index contributed by atoms with van der Waals surface area (Å²) in [4.78, 5) is 37.1. The summed E-state index contributed by atoms with van der Waals surface area (Å²) in [5.74, 6) is -0.413. The minimum atomic E-state index is -0.687. The number of carbonyl (C=O) groups is 2. The molecule has 1 aromatic carbocycles.